The summed E-state index contributed by atoms with van der Waals surface area (Å²) in [5.74, 6) is 0.561. The third kappa shape index (κ3) is 3.43. The van der Waals surface area contributed by atoms with Gasteiger partial charge in [-0.2, -0.15) is 5.11 Å². The monoisotopic (exact) mass is 522 g/mol. The zero-order valence-electron chi connectivity index (χ0n) is 16.0. The van der Waals surface area contributed by atoms with Crippen LogP contribution in [0.4, 0.5) is 16.2 Å². The molecule has 1 unspecified atom stereocenters. The Kier molecular flexibility index (Phi) is 5.58. The summed E-state index contributed by atoms with van der Waals surface area (Å²) in [5, 5.41) is 11.3. The summed E-state index contributed by atoms with van der Waals surface area (Å²) in [6, 6.07) is 3.22. The first-order valence-electron chi connectivity index (χ1n) is 9.39. The van der Waals surface area contributed by atoms with E-state index in [0.717, 1.165) is 27.6 Å². The van der Waals surface area contributed by atoms with E-state index in [-0.39, 0.29) is 12.5 Å². The molecule has 3 aliphatic heterocycles. The topological polar surface area (TPSA) is 80.6 Å². The number of hydrogen-bond donors (Lipinski definition) is 1. The Labute approximate surface area is 185 Å². The molecule has 0 radical (unpaired) electrons. The highest BCUT2D eigenvalue weighted by Gasteiger charge is 2.42. The second-order valence-corrected chi connectivity index (χ2v) is 8.48. The Morgan fingerprint density at radius 2 is 1.93 bits per heavy atom. The number of amides is 3. The van der Waals surface area contributed by atoms with Crippen LogP contribution >= 0.6 is 31.9 Å². The van der Waals surface area contributed by atoms with Crippen LogP contribution in [0.2, 0.25) is 0 Å². The highest BCUT2D eigenvalue weighted by molar-refractivity contribution is 9.13. The number of carbonyl (C=O) groups is 2. The second kappa shape index (κ2) is 8.00. The van der Waals surface area contributed by atoms with E-state index in [1.165, 1.54) is 4.90 Å². The van der Waals surface area contributed by atoms with Gasteiger partial charge in [0.2, 0.25) is 5.91 Å². The summed E-state index contributed by atoms with van der Waals surface area (Å²) < 4.78 is 1.55. The molecule has 0 fully saturated rings. The van der Waals surface area contributed by atoms with E-state index in [1.54, 1.807) is 4.90 Å². The smallest absolute Gasteiger partial charge is 0.367 e. The van der Waals surface area contributed by atoms with E-state index in [1.807, 2.05) is 38.1 Å². The lowest BCUT2D eigenvalue weighted by molar-refractivity contribution is -0.119. The van der Waals surface area contributed by atoms with Gasteiger partial charge in [-0.15, -0.1) is 0 Å². The number of nitrogens with zero attached hydrogens (tertiary/aromatic N) is 5. The maximum atomic E-state index is 13.5. The highest BCUT2D eigenvalue weighted by atomic mass is 79.9. The zero-order chi connectivity index (χ0) is 20.7. The summed E-state index contributed by atoms with van der Waals surface area (Å²) in [6.07, 6.45) is 3.25. The van der Waals surface area contributed by atoms with Crippen LogP contribution in [0.25, 0.3) is 0 Å². The fourth-order valence-electron chi connectivity index (χ4n) is 3.67. The van der Waals surface area contributed by atoms with Crippen LogP contribution in [0.3, 0.4) is 0 Å². The quantitative estimate of drug-likeness (QED) is 0.647. The van der Waals surface area contributed by atoms with Gasteiger partial charge < -0.3 is 5.32 Å². The minimum atomic E-state index is -0.611. The van der Waals surface area contributed by atoms with Gasteiger partial charge in [0, 0.05) is 21.1 Å². The SMILES string of the molecule is CCN(CC)CC(=O)N1C2=C(C=CCN2)C2N=NC(=O)N2c2cc(Br)c(Br)cc21. The Hall–Kier alpha value is -2.04. The van der Waals surface area contributed by atoms with Crippen molar-refractivity contribution in [2.45, 2.75) is 20.0 Å². The highest BCUT2D eigenvalue weighted by Crippen LogP contribution is 2.45. The second-order valence-electron chi connectivity index (χ2n) is 6.77. The first-order chi connectivity index (χ1) is 14.0. The Bertz CT molecular complexity index is 970. The van der Waals surface area contributed by atoms with Crippen molar-refractivity contribution >= 4 is 55.2 Å². The van der Waals surface area contributed by atoms with Gasteiger partial charge in [-0.1, -0.05) is 31.1 Å². The number of fused-ring (bicyclic) bond motifs is 4. The standard InChI is InChI=1S/C19H20Br2N6O2/c1-3-25(4-2)10-16(28)26-14-8-12(20)13(21)9-15(14)27-18(23-24-19(27)29)11-6-5-7-22-17(11)26/h5-6,8-9,18,22H,3-4,7,10H2,1-2H3. The molecule has 152 valence electrons. The van der Waals surface area contributed by atoms with Crippen molar-refractivity contribution in [3.8, 4) is 0 Å². The molecule has 8 nitrogen and oxygen atoms in total. The summed E-state index contributed by atoms with van der Waals surface area (Å²) in [5.41, 5.74) is 1.93. The molecule has 0 aliphatic carbocycles. The van der Waals surface area contributed by atoms with Crippen molar-refractivity contribution in [3.63, 3.8) is 0 Å². The Balaban J connectivity index is 1.93. The van der Waals surface area contributed by atoms with E-state index in [2.05, 4.69) is 52.3 Å². The summed E-state index contributed by atoms with van der Waals surface area (Å²) in [6.45, 7) is 6.45. The first kappa shape index (κ1) is 20.2. The van der Waals surface area contributed by atoms with E-state index >= 15 is 0 Å². The molecule has 3 amide bonds. The predicted molar refractivity (Wildman–Crippen MR) is 118 cm³/mol. The number of azo groups is 1. The number of hydrogen-bond acceptors (Lipinski definition) is 5. The molecule has 1 N–H and O–H groups in total. The van der Waals surface area contributed by atoms with E-state index in [0.29, 0.717) is 23.7 Å². The maximum Gasteiger partial charge on any atom is 0.368 e. The maximum absolute atomic E-state index is 13.5. The van der Waals surface area contributed by atoms with E-state index in [9.17, 15) is 9.59 Å². The van der Waals surface area contributed by atoms with Crippen LogP contribution in [0.5, 0.6) is 0 Å². The fraction of sp³-hybridized carbons (Fsp3) is 0.368. The van der Waals surface area contributed by atoms with E-state index in [4.69, 9.17) is 0 Å². The molecule has 1 aromatic carbocycles. The van der Waals surface area contributed by atoms with Crippen LogP contribution in [0, 0.1) is 0 Å². The molecule has 1 aromatic rings. The number of likely N-dealkylation sites (N-methyl/N-ethyl adjacent to an activating group) is 1. The van der Waals surface area contributed by atoms with Gasteiger partial charge in [-0.05, 0) is 57.1 Å². The molecule has 3 heterocycles. The van der Waals surface area contributed by atoms with Gasteiger partial charge in [-0.3, -0.25) is 19.5 Å². The van der Waals surface area contributed by atoms with Gasteiger partial charge in [0.1, 0.15) is 5.82 Å². The third-order valence-corrected chi connectivity index (χ3v) is 7.03. The Morgan fingerprint density at radius 3 is 2.62 bits per heavy atom. The summed E-state index contributed by atoms with van der Waals surface area (Å²) >= 11 is 7.05. The lowest BCUT2D eigenvalue weighted by Gasteiger charge is -2.31. The van der Waals surface area contributed by atoms with Gasteiger partial charge in [0.25, 0.3) is 0 Å². The Morgan fingerprint density at radius 1 is 1.24 bits per heavy atom. The molecule has 0 saturated carbocycles. The molecule has 10 heteroatoms. The van der Waals surface area contributed by atoms with Crippen LogP contribution in [-0.2, 0) is 4.79 Å². The first-order valence-corrected chi connectivity index (χ1v) is 11.0. The number of carbonyl (C=O) groups excluding carboxylic acids is 2. The third-order valence-electron chi connectivity index (χ3n) is 5.18. The number of halogens is 2. The molecular formula is C19H20Br2N6O2. The largest absolute Gasteiger partial charge is 0.368 e. The van der Waals surface area contributed by atoms with Crippen LogP contribution < -0.4 is 15.1 Å². The molecule has 0 bridgehead atoms. The van der Waals surface area contributed by atoms with Crippen molar-refractivity contribution < 1.29 is 9.59 Å². The van der Waals surface area contributed by atoms with Gasteiger partial charge in [0.15, 0.2) is 6.17 Å². The summed E-state index contributed by atoms with van der Waals surface area (Å²) in [7, 11) is 0. The summed E-state index contributed by atoms with van der Waals surface area (Å²) in [4.78, 5) is 31.4. The average molecular weight is 524 g/mol. The molecular weight excluding hydrogens is 504 g/mol. The van der Waals surface area contributed by atoms with Crippen LogP contribution in [0.15, 0.2) is 54.9 Å². The number of urea groups is 1. The minimum absolute atomic E-state index is 0.0787. The van der Waals surface area contributed by atoms with Crippen molar-refractivity contribution in [3.05, 3.63) is 44.6 Å². The number of nitrogens with one attached hydrogen (secondary N) is 1. The number of anilines is 2. The molecule has 1 atom stereocenters. The van der Waals surface area contributed by atoms with E-state index < -0.39 is 12.2 Å². The van der Waals surface area contributed by atoms with Crippen molar-refractivity contribution in [2.75, 3.05) is 36.0 Å². The lowest BCUT2D eigenvalue weighted by Crippen LogP contribution is -2.44. The van der Waals surface area contributed by atoms with Gasteiger partial charge in [-0.25, -0.2) is 4.79 Å². The van der Waals surface area contributed by atoms with Gasteiger partial charge in [0.05, 0.1) is 17.9 Å². The van der Waals surface area contributed by atoms with Crippen molar-refractivity contribution in [1.82, 2.24) is 10.2 Å². The normalized spacial score (nSPS) is 19.9. The lowest BCUT2D eigenvalue weighted by atomic mass is 10.1. The minimum Gasteiger partial charge on any atom is -0.367 e. The predicted octanol–water partition coefficient (Wildman–Crippen LogP) is 3.99. The molecule has 0 aromatic heterocycles. The average Bonchev–Trinajstić information content (AvgIpc) is 3.05. The van der Waals surface area contributed by atoms with Crippen LogP contribution in [-0.4, -0.2) is 49.2 Å². The zero-order valence-corrected chi connectivity index (χ0v) is 19.2. The van der Waals surface area contributed by atoms with Crippen molar-refractivity contribution in [2.24, 2.45) is 10.2 Å². The molecule has 4 rings (SSSR count). The number of dihydropyridines is 1. The van der Waals surface area contributed by atoms with Crippen LogP contribution in [0.1, 0.15) is 13.8 Å². The van der Waals surface area contributed by atoms with Gasteiger partial charge >= 0.3 is 6.03 Å². The number of rotatable bonds is 4. The fourth-order valence-corrected chi connectivity index (χ4v) is 4.33. The molecule has 29 heavy (non-hydrogen) atoms. The molecule has 3 aliphatic rings. The molecule has 0 saturated heterocycles. The van der Waals surface area contributed by atoms with Crippen molar-refractivity contribution in [1.29, 1.82) is 0 Å². The number of benzene rings is 1. The molecule has 0 spiro atoms.